The minimum atomic E-state index is -0.193. The normalized spacial score (nSPS) is 12.0. The first-order valence-corrected chi connectivity index (χ1v) is 7.62. The van der Waals surface area contributed by atoms with Crippen LogP contribution >= 0.6 is 11.8 Å². The third kappa shape index (κ3) is 4.53. The number of thioether (sulfide) groups is 1. The number of carbonyl (C=O) groups excluding carboxylic acids is 1. The lowest BCUT2D eigenvalue weighted by Crippen LogP contribution is -2.22. The van der Waals surface area contributed by atoms with E-state index in [0.29, 0.717) is 5.88 Å². The number of nitrogens with one attached hydrogen (secondary N) is 1. The molecule has 0 spiro atoms. The molecule has 0 aliphatic carbocycles. The van der Waals surface area contributed by atoms with Gasteiger partial charge in [-0.05, 0) is 31.5 Å². The van der Waals surface area contributed by atoms with Crippen molar-refractivity contribution in [3.05, 3.63) is 41.6 Å². The predicted molar refractivity (Wildman–Crippen MR) is 83.6 cm³/mol. The highest BCUT2D eigenvalue weighted by Crippen LogP contribution is 2.22. The van der Waals surface area contributed by atoms with Crippen LogP contribution in [0.4, 0.5) is 5.88 Å². The number of benzene rings is 1. The average molecular weight is 306 g/mol. The number of hydrogen-bond acceptors (Lipinski definition) is 5. The maximum absolute atomic E-state index is 12.0. The van der Waals surface area contributed by atoms with Gasteiger partial charge in [-0.25, -0.2) is 0 Å². The van der Waals surface area contributed by atoms with Gasteiger partial charge in [-0.15, -0.1) is 11.8 Å². The number of carbonyl (C=O) groups is 1. The maximum Gasteiger partial charge on any atom is 0.239 e. The number of ether oxygens (including phenoxy) is 1. The number of hydrogen-bond donors (Lipinski definition) is 1. The van der Waals surface area contributed by atoms with E-state index in [1.54, 1.807) is 31.9 Å². The monoisotopic (exact) mass is 306 g/mol. The Morgan fingerprint density at radius 1 is 1.48 bits per heavy atom. The molecular weight excluding hydrogens is 288 g/mol. The zero-order valence-corrected chi connectivity index (χ0v) is 13.1. The molecule has 0 unspecified atom stereocenters. The Morgan fingerprint density at radius 3 is 2.95 bits per heavy atom. The Bertz CT molecular complexity index is 612. The van der Waals surface area contributed by atoms with E-state index in [2.05, 4.69) is 10.5 Å². The molecule has 0 saturated carbocycles. The van der Waals surface area contributed by atoms with Crippen molar-refractivity contribution in [2.24, 2.45) is 0 Å². The Labute approximate surface area is 128 Å². The third-order valence-electron chi connectivity index (χ3n) is 2.88. The second-order valence-electron chi connectivity index (χ2n) is 4.63. The topological polar surface area (TPSA) is 64.4 Å². The van der Waals surface area contributed by atoms with Gasteiger partial charge in [-0.2, -0.15) is 0 Å². The van der Waals surface area contributed by atoms with Crippen LogP contribution in [0, 0.1) is 6.92 Å². The van der Waals surface area contributed by atoms with Crippen molar-refractivity contribution in [2.75, 3.05) is 12.4 Å². The molecule has 0 fully saturated rings. The van der Waals surface area contributed by atoms with Gasteiger partial charge in [0.15, 0.2) is 0 Å². The van der Waals surface area contributed by atoms with E-state index in [1.807, 2.05) is 31.2 Å². The fraction of sp³-hybridized carbons (Fsp3) is 0.333. The number of methoxy groups -OCH3 is 1. The molecule has 0 aliphatic heterocycles. The molecule has 0 saturated heterocycles. The summed E-state index contributed by atoms with van der Waals surface area (Å²) >= 11 is 1.55. The predicted octanol–water partition coefficient (Wildman–Crippen LogP) is 3.25. The molecular formula is C15H18N2O3S. The highest BCUT2D eigenvalue weighted by molar-refractivity contribution is 7.99. The molecule has 0 radical (unpaired) electrons. The largest absolute Gasteiger partial charge is 0.497 e. The van der Waals surface area contributed by atoms with Gasteiger partial charge < -0.3 is 9.26 Å². The Kier molecular flexibility index (Phi) is 5.27. The molecule has 5 nitrogen and oxygen atoms in total. The average Bonchev–Trinajstić information content (AvgIpc) is 2.90. The van der Waals surface area contributed by atoms with Crippen LogP contribution in [0.1, 0.15) is 18.2 Å². The second-order valence-corrected chi connectivity index (χ2v) is 5.96. The van der Waals surface area contributed by atoms with Crippen molar-refractivity contribution in [2.45, 2.75) is 24.9 Å². The van der Waals surface area contributed by atoms with Gasteiger partial charge in [0.2, 0.25) is 11.8 Å². The second kappa shape index (κ2) is 7.17. The summed E-state index contributed by atoms with van der Waals surface area (Å²) in [6.45, 7) is 3.67. The van der Waals surface area contributed by atoms with Crippen LogP contribution in [0.5, 0.6) is 5.75 Å². The number of rotatable bonds is 6. The molecule has 0 aliphatic rings. The lowest BCUT2D eigenvalue weighted by atomic mass is 10.2. The van der Waals surface area contributed by atoms with Gasteiger partial charge >= 0.3 is 0 Å². The minimum Gasteiger partial charge on any atom is -0.497 e. The van der Waals surface area contributed by atoms with Crippen LogP contribution < -0.4 is 10.1 Å². The van der Waals surface area contributed by atoms with Crippen molar-refractivity contribution in [1.82, 2.24) is 5.16 Å². The standard InChI is InChI=1S/C15H18N2O3S/c1-10-7-14(20-17-10)16-15(18)11(2)21-9-12-5-4-6-13(8-12)19-3/h4-8,11H,9H2,1-3H3,(H,16,18)/t11-/m1/s1. The van der Waals surface area contributed by atoms with Crippen LogP contribution in [-0.2, 0) is 10.5 Å². The van der Waals surface area contributed by atoms with E-state index in [-0.39, 0.29) is 11.2 Å². The fourth-order valence-corrected chi connectivity index (χ4v) is 2.54. The van der Waals surface area contributed by atoms with Crippen LogP contribution in [0.15, 0.2) is 34.9 Å². The molecule has 1 heterocycles. The Morgan fingerprint density at radius 2 is 2.29 bits per heavy atom. The lowest BCUT2D eigenvalue weighted by Gasteiger charge is -2.10. The molecule has 1 N–H and O–H groups in total. The summed E-state index contributed by atoms with van der Waals surface area (Å²) in [4.78, 5) is 12.0. The number of nitrogens with zero attached hydrogens (tertiary/aromatic N) is 1. The highest BCUT2D eigenvalue weighted by atomic mass is 32.2. The van der Waals surface area contributed by atoms with Crippen LogP contribution in [0.25, 0.3) is 0 Å². The molecule has 2 rings (SSSR count). The molecule has 6 heteroatoms. The van der Waals surface area contributed by atoms with Gasteiger partial charge in [-0.3, -0.25) is 10.1 Å². The van der Waals surface area contributed by atoms with E-state index in [1.165, 1.54) is 0 Å². The van der Waals surface area contributed by atoms with Crippen molar-refractivity contribution in [1.29, 1.82) is 0 Å². The van der Waals surface area contributed by atoms with Gasteiger partial charge in [0.1, 0.15) is 5.75 Å². The smallest absolute Gasteiger partial charge is 0.239 e. The van der Waals surface area contributed by atoms with Gasteiger partial charge in [0, 0.05) is 11.8 Å². The maximum atomic E-state index is 12.0. The first-order valence-electron chi connectivity index (χ1n) is 6.57. The fourth-order valence-electron chi connectivity index (χ4n) is 1.70. The lowest BCUT2D eigenvalue weighted by molar-refractivity contribution is -0.115. The summed E-state index contributed by atoms with van der Waals surface area (Å²) in [5.74, 6) is 1.84. The number of anilines is 1. The van der Waals surface area contributed by atoms with Crippen LogP contribution in [0.2, 0.25) is 0 Å². The minimum absolute atomic E-state index is 0.0981. The SMILES string of the molecule is COc1cccc(CS[C@H](C)C(=O)Nc2cc(C)no2)c1. The van der Waals surface area contributed by atoms with E-state index in [0.717, 1.165) is 22.8 Å². The molecule has 1 amide bonds. The summed E-state index contributed by atoms with van der Waals surface area (Å²) in [7, 11) is 1.64. The quantitative estimate of drug-likeness (QED) is 0.887. The van der Waals surface area contributed by atoms with Crippen LogP contribution in [-0.4, -0.2) is 23.4 Å². The molecule has 1 aromatic heterocycles. The summed E-state index contributed by atoms with van der Waals surface area (Å²) in [5.41, 5.74) is 1.86. The van der Waals surface area contributed by atoms with Crippen molar-refractivity contribution < 1.29 is 14.1 Å². The van der Waals surface area contributed by atoms with E-state index in [4.69, 9.17) is 9.26 Å². The number of amides is 1. The third-order valence-corrected chi connectivity index (χ3v) is 4.09. The summed E-state index contributed by atoms with van der Waals surface area (Å²) < 4.78 is 10.2. The molecule has 1 atom stereocenters. The highest BCUT2D eigenvalue weighted by Gasteiger charge is 2.15. The summed E-state index contributed by atoms with van der Waals surface area (Å²) in [5, 5.41) is 6.25. The zero-order valence-electron chi connectivity index (χ0n) is 12.3. The van der Waals surface area contributed by atoms with Gasteiger partial charge in [0.05, 0.1) is 18.1 Å². The molecule has 1 aromatic carbocycles. The summed E-state index contributed by atoms with van der Waals surface area (Å²) in [6.07, 6.45) is 0. The molecule has 2 aromatic rings. The molecule has 112 valence electrons. The summed E-state index contributed by atoms with van der Waals surface area (Å²) in [6, 6.07) is 9.52. The first-order chi connectivity index (χ1) is 10.1. The molecule has 0 bridgehead atoms. The van der Waals surface area contributed by atoms with E-state index >= 15 is 0 Å². The van der Waals surface area contributed by atoms with Crippen molar-refractivity contribution >= 4 is 23.6 Å². The zero-order chi connectivity index (χ0) is 15.2. The van der Waals surface area contributed by atoms with Gasteiger partial charge in [-0.1, -0.05) is 17.3 Å². The van der Waals surface area contributed by atoms with E-state index in [9.17, 15) is 4.79 Å². The van der Waals surface area contributed by atoms with Crippen molar-refractivity contribution in [3.8, 4) is 5.75 Å². The molecule has 21 heavy (non-hydrogen) atoms. The van der Waals surface area contributed by atoms with Crippen molar-refractivity contribution in [3.63, 3.8) is 0 Å². The Balaban J connectivity index is 1.85. The first kappa shape index (κ1) is 15.4. The number of aromatic nitrogens is 1. The van der Waals surface area contributed by atoms with Crippen LogP contribution in [0.3, 0.4) is 0 Å². The Hall–Kier alpha value is -1.95. The van der Waals surface area contributed by atoms with Gasteiger partial charge in [0.25, 0.3) is 0 Å². The van der Waals surface area contributed by atoms with E-state index < -0.39 is 0 Å². The number of aryl methyl sites for hydroxylation is 1.